The summed E-state index contributed by atoms with van der Waals surface area (Å²) in [6.45, 7) is 0. The van der Waals surface area contributed by atoms with E-state index in [1.54, 1.807) is 36.7 Å². The van der Waals surface area contributed by atoms with Gasteiger partial charge in [0.1, 0.15) is 0 Å². The molecule has 2 heterocycles. The van der Waals surface area contributed by atoms with Crippen molar-refractivity contribution >= 4 is 11.6 Å². The number of nitrogens with one attached hydrogen (secondary N) is 2. The molecule has 2 N–H and O–H groups in total. The van der Waals surface area contributed by atoms with Crippen LogP contribution in [0.5, 0.6) is 0 Å². The van der Waals surface area contributed by atoms with E-state index in [9.17, 15) is 9.59 Å². The van der Waals surface area contributed by atoms with Gasteiger partial charge in [-0.15, -0.1) is 0 Å². The minimum absolute atomic E-state index is 0.116. The zero-order valence-corrected chi connectivity index (χ0v) is 7.99. The molecule has 0 fully saturated rings. The average Bonchev–Trinajstić information content (AvgIpc) is 2.88. The van der Waals surface area contributed by atoms with Crippen LogP contribution in [0.25, 0.3) is 0 Å². The maximum absolute atomic E-state index is 11.5. The molecular weight excluding hydrogens is 192 g/mol. The number of aromatic nitrogens is 2. The van der Waals surface area contributed by atoms with Gasteiger partial charge >= 0.3 is 0 Å². The van der Waals surface area contributed by atoms with E-state index in [2.05, 4.69) is 9.97 Å². The molecule has 2 aromatic rings. The second kappa shape index (κ2) is 3.96. The van der Waals surface area contributed by atoms with Gasteiger partial charge in [-0.2, -0.15) is 0 Å². The molecule has 4 nitrogen and oxygen atoms in total. The fraction of sp³-hybridized carbons (Fsp3) is 0.0909. The van der Waals surface area contributed by atoms with E-state index in [-0.39, 0.29) is 6.42 Å². The van der Waals surface area contributed by atoms with E-state index in [4.69, 9.17) is 0 Å². The molecule has 2 aromatic heterocycles. The van der Waals surface area contributed by atoms with Crippen LogP contribution in [0.1, 0.15) is 16.2 Å². The Morgan fingerprint density at radius 3 is 2.40 bits per heavy atom. The lowest BCUT2D eigenvalue weighted by Crippen LogP contribution is -2.17. The van der Waals surface area contributed by atoms with Crippen molar-refractivity contribution in [1.82, 2.24) is 9.97 Å². The number of carbonyl (C=O) groups is 2. The second-order valence-corrected chi connectivity index (χ2v) is 3.21. The summed E-state index contributed by atoms with van der Waals surface area (Å²) in [4.78, 5) is 28.7. The fourth-order valence-electron chi connectivity index (χ4n) is 1.35. The smallest absolute Gasteiger partial charge is 0.245 e. The minimum atomic E-state index is -0.477. The Balaban J connectivity index is 2.06. The van der Waals surface area contributed by atoms with Crippen LogP contribution in [0.4, 0.5) is 0 Å². The van der Waals surface area contributed by atoms with Crippen LogP contribution in [-0.4, -0.2) is 21.5 Å². The van der Waals surface area contributed by atoms with Crippen molar-refractivity contribution in [2.75, 3.05) is 0 Å². The van der Waals surface area contributed by atoms with Crippen LogP contribution in [0.15, 0.2) is 36.7 Å². The summed E-state index contributed by atoms with van der Waals surface area (Å²) in [6, 6.07) is 6.85. The summed E-state index contributed by atoms with van der Waals surface area (Å²) in [5.74, 6) is -0.894. The maximum atomic E-state index is 11.5. The van der Waals surface area contributed by atoms with Crippen LogP contribution in [0, 0.1) is 0 Å². The van der Waals surface area contributed by atoms with E-state index in [0.717, 1.165) is 5.69 Å². The topological polar surface area (TPSA) is 65.7 Å². The number of carbonyl (C=O) groups excluding carboxylic acids is 2. The normalized spacial score (nSPS) is 10.1. The number of hydrogen-bond acceptors (Lipinski definition) is 2. The van der Waals surface area contributed by atoms with Gasteiger partial charge in [-0.3, -0.25) is 9.59 Å². The van der Waals surface area contributed by atoms with Crippen LogP contribution in [-0.2, 0) is 11.2 Å². The van der Waals surface area contributed by atoms with Gasteiger partial charge in [0.05, 0.1) is 12.1 Å². The molecule has 0 amide bonds. The molecule has 0 aliphatic heterocycles. The quantitative estimate of drug-likeness (QED) is 0.580. The van der Waals surface area contributed by atoms with Crippen LogP contribution >= 0.6 is 0 Å². The number of Topliss-reactive ketones (excluding diaryl/α,β-unsaturated/α-hetero) is 2. The van der Waals surface area contributed by atoms with E-state index in [0.29, 0.717) is 5.69 Å². The van der Waals surface area contributed by atoms with Crippen molar-refractivity contribution < 1.29 is 9.59 Å². The van der Waals surface area contributed by atoms with Crippen molar-refractivity contribution in [2.45, 2.75) is 6.42 Å². The first-order valence-electron chi connectivity index (χ1n) is 4.60. The standard InChI is InChI=1S/C11H10N2O2/c14-10(7-8-3-1-5-12-8)11(15)9-4-2-6-13-9/h1-6,12-13H,7H2. The third kappa shape index (κ3) is 2.04. The molecule has 4 heteroatoms. The SMILES string of the molecule is O=C(Cc1ccc[nH]1)C(=O)c1ccc[nH]1. The summed E-state index contributed by atoms with van der Waals surface area (Å²) in [7, 11) is 0. The molecule has 0 aliphatic rings. The molecule has 2 rings (SSSR count). The molecule has 15 heavy (non-hydrogen) atoms. The van der Waals surface area contributed by atoms with Gasteiger partial charge in [-0.05, 0) is 24.3 Å². The maximum Gasteiger partial charge on any atom is 0.245 e. The summed E-state index contributed by atoms with van der Waals surface area (Å²) >= 11 is 0. The minimum Gasteiger partial charge on any atom is -0.365 e. The molecule has 0 saturated heterocycles. The highest BCUT2D eigenvalue weighted by Gasteiger charge is 2.17. The van der Waals surface area contributed by atoms with Gasteiger partial charge in [-0.25, -0.2) is 0 Å². The Kier molecular flexibility index (Phi) is 2.49. The summed E-state index contributed by atoms with van der Waals surface area (Å²) in [5, 5.41) is 0. The zero-order chi connectivity index (χ0) is 10.7. The van der Waals surface area contributed by atoms with Crippen molar-refractivity contribution in [3.05, 3.63) is 48.0 Å². The van der Waals surface area contributed by atoms with Crippen LogP contribution in [0.3, 0.4) is 0 Å². The summed E-state index contributed by atoms with van der Waals surface area (Å²) < 4.78 is 0. The van der Waals surface area contributed by atoms with Gasteiger partial charge in [0.15, 0.2) is 0 Å². The molecule has 0 saturated carbocycles. The zero-order valence-electron chi connectivity index (χ0n) is 7.99. The molecule has 0 spiro atoms. The molecule has 76 valence electrons. The molecular formula is C11H10N2O2. The van der Waals surface area contributed by atoms with Crippen molar-refractivity contribution in [3.8, 4) is 0 Å². The van der Waals surface area contributed by atoms with Crippen molar-refractivity contribution in [3.63, 3.8) is 0 Å². The third-order valence-electron chi connectivity index (χ3n) is 2.11. The van der Waals surface area contributed by atoms with Crippen molar-refractivity contribution in [2.24, 2.45) is 0 Å². The van der Waals surface area contributed by atoms with E-state index in [1.165, 1.54) is 0 Å². The molecule has 0 bridgehead atoms. The lowest BCUT2D eigenvalue weighted by molar-refractivity contribution is -0.114. The number of aromatic amines is 2. The summed E-state index contributed by atoms with van der Waals surface area (Å²) in [5.41, 5.74) is 1.09. The fourth-order valence-corrected chi connectivity index (χ4v) is 1.35. The highest BCUT2D eigenvalue weighted by atomic mass is 16.2. The first-order chi connectivity index (χ1) is 7.27. The Hall–Kier alpha value is -2.10. The van der Waals surface area contributed by atoms with E-state index in [1.807, 2.05) is 0 Å². The Morgan fingerprint density at radius 1 is 1.07 bits per heavy atom. The van der Waals surface area contributed by atoms with E-state index < -0.39 is 11.6 Å². The second-order valence-electron chi connectivity index (χ2n) is 3.21. The Bertz CT molecular complexity index is 455. The molecule has 0 radical (unpaired) electrons. The highest BCUT2D eigenvalue weighted by Crippen LogP contribution is 2.02. The number of rotatable bonds is 4. The highest BCUT2D eigenvalue weighted by molar-refractivity contribution is 6.43. The molecule has 0 aromatic carbocycles. The van der Waals surface area contributed by atoms with Crippen LogP contribution in [0.2, 0.25) is 0 Å². The molecule has 0 aliphatic carbocycles. The predicted octanol–water partition coefficient (Wildman–Crippen LogP) is 1.34. The number of ketones is 2. The first-order valence-corrected chi connectivity index (χ1v) is 4.60. The molecule has 0 unspecified atom stereocenters. The van der Waals surface area contributed by atoms with Gasteiger partial charge in [0.2, 0.25) is 11.6 Å². The Morgan fingerprint density at radius 2 is 1.80 bits per heavy atom. The largest absolute Gasteiger partial charge is 0.365 e. The predicted molar refractivity (Wildman–Crippen MR) is 54.6 cm³/mol. The number of H-pyrrole nitrogens is 2. The average molecular weight is 202 g/mol. The Labute approximate surface area is 86.3 Å². The first kappa shape index (κ1) is 9.45. The molecule has 0 atom stereocenters. The van der Waals surface area contributed by atoms with Gasteiger partial charge in [0, 0.05) is 18.1 Å². The lowest BCUT2D eigenvalue weighted by atomic mass is 10.1. The van der Waals surface area contributed by atoms with Crippen LogP contribution < -0.4 is 0 Å². The van der Waals surface area contributed by atoms with Gasteiger partial charge in [-0.1, -0.05) is 0 Å². The van der Waals surface area contributed by atoms with Gasteiger partial charge in [0.25, 0.3) is 0 Å². The van der Waals surface area contributed by atoms with Gasteiger partial charge < -0.3 is 9.97 Å². The third-order valence-corrected chi connectivity index (χ3v) is 2.11. The monoisotopic (exact) mass is 202 g/mol. The van der Waals surface area contributed by atoms with E-state index >= 15 is 0 Å². The summed E-state index contributed by atoms with van der Waals surface area (Å²) in [6.07, 6.45) is 3.46. The van der Waals surface area contributed by atoms with Crippen molar-refractivity contribution in [1.29, 1.82) is 0 Å². The lowest BCUT2D eigenvalue weighted by Gasteiger charge is -1.96. The number of hydrogen-bond donors (Lipinski definition) is 2.